The number of H-pyrrole nitrogens is 4. The summed E-state index contributed by atoms with van der Waals surface area (Å²) in [6.07, 6.45) is -2.52. The zero-order valence-corrected chi connectivity index (χ0v) is 29.7. The number of rotatable bonds is 6. The number of aryl methyl sites for hydroxylation is 2. The maximum Gasteiger partial charge on any atom is 0.416 e. The maximum absolute atomic E-state index is 12.8. The highest BCUT2D eigenvalue weighted by molar-refractivity contribution is 5.91. The molecule has 0 aliphatic heterocycles. The van der Waals surface area contributed by atoms with Crippen molar-refractivity contribution < 1.29 is 26.3 Å². The number of fused-ring (bicyclic) bond motifs is 2. The van der Waals surface area contributed by atoms with E-state index in [0.29, 0.717) is 67.4 Å². The molecule has 4 N–H and O–H groups in total. The van der Waals surface area contributed by atoms with Gasteiger partial charge in [-0.15, -0.1) is 0 Å². The van der Waals surface area contributed by atoms with Crippen LogP contribution < -0.4 is 11.1 Å². The predicted octanol–water partition coefficient (Wildman–Crippen LogP) is 6.89. The Morgan fingerprint density at radius 2 is 0.946 bits per heavy atom. The lowest BCUT2D eigenvalue weighted by atomic mass is 10.1. The lowest BCUT2D eigenvalue weighted by Gasteiger charge is -2.15. The Balaban J connectivity index is 0.000000172. The lowest BCUT2D eigenvalue weighted by molar-refractivity contribution is -0.138. The van der Waals surface area contributed by atoms with Crippen molar-refractivity contribution in [1.82, 2.24) is 59.9 Å². The van der Waals surface area contributed by atoms with Crippen molar-refractivity contribution in [2.45, 2.75) is 52.1 Å². The summed E-state index contributed by atoms with van der Waals surface area (Å²) in [6.45, 7) is 6.87. The number of alkyl halides is 6. The van der Waals surface area contributed by atoms with E-state index in [1.54, 1.807) is 49.5 Å². The Labute approximate surface area is 310 Å². The van der Waals surface area contributed by atoms with Crippen LogP contribution in [0.1, 0.15) is 59.8 Å². The molecular formula is C36H30F6N12O2. The molecule has 20 heteroatoms. The monoisotopic (exact) mass is 776 g/mol. The first-order chi connectivity index (χ1) is 26.5. The van der Waals surface area contributed by atoms with Gasteiger partial charge in [0.1, 0.15) is 33.8 Å². The van der Waals surface area contributed by atoms with Crippen LogP contribution in [0.2, 0.25) is 0 Å². The van der Waals surface area contributed by atoms with Crippen molar-refractivity contribution in [3.63, 3.8) is 0 Å². The summed E-state index contributed by atoms with van der Waals surface area (Å²) in [4.78, 5) is 39.2. The van der Waals surface area contributed by atoms with Crippen molar-refractivity contribution in [1.29, 1.82) is 0 Å². The predicted molar refractivity (Wildman–Crippen MR) is 191 cm³/mol. The van der Waals surface area contributed by atoms with Gasteiger partial charge in [-0.3, -0.25) is 19.8 Å². The van der Waals surface area contributed by atoms with E-state index in [1.807, 2.05) is 0 Å². The topological polar surface area (TPSA) is 184 Å². The van der Waals surface area contributed by atoms with Crippen LogP contribution in [-0.2, 0) is 12.4 Å². The van der Waals surface area contributed by atoms with E-state index < -0.39 is 35.6 Å². The summed E-state index contributed by atoms with van der Waals surface area (Å²) in [7, 11) is 0. The molecule has 0 amide bonds. The summed E-state index contributed by atoms with van der Waals surface area (Å²) in [5.74, 6) is 0.828. The molecule has 2 atom stereocenters. The molecule has 0 radical (unpaired) electrons. The summed E-state index contributed by atoms with van der Waals surface area (Å²) in [5, 5.41) is 22.8. The van der Waals surface area contributed by atoms with Gasteiger partial charge in [-0.2, -0.15) is 46.7 Å². The fourth-order valence-corrected chi connectivity index (χ4v) is 6.20. The van der Waals surface area contributed by atoms with E-state index in [1.165, 1.54) is 36.7 Å². The van der Waals surface area contributed by atoms with Crippen LogP contribution in [0, 0.1) is 13.8 Å². The summed E-state index contributed by atoms with van der Waals surface area (Å²) in [5.41, 5.74) is 1.80. The minimum atomic E-state index is -4.40. The van der Waals surface area contributed by atoms with Gasteiger partial charge in [0.2, 0.25) is 0 Å². The zero-order chi connectivity index (χ0) is 40.1. The smallest absolute Gasteiger partial charge is 0.310 e. The summed E-state index contributed by atoms with van der Waals surface area (Å²) in [6, 6.07) is 8.83. The quantitative estimate of drug-likeness (QED) is 0.132. The summed E-state index contributed by atoms with van der Waals surface area (Å²) < 4.78 is 80.0. The lowest BCUT2D eigenvalue weighted by Crippen LogP contribution is -2.13. The third kappa shape index (κ3) is 7.07. The fourth-order valence-electron chi connectivity index (χ4n) is 6.20. The second kappa shape index (κ2) is 14.1. The van der Waals surface area contributed by atoms with Gasteiger partial charge in [-0.1, -0.05) is 24.3 Å². The number of aromatic nitrogens is 12. The molecule has 0 saturated heterocycles. The molecule has 0 spiro atoms. The second-order valence-corrected chi connectivity index (χ2v) is 12.9. The Morgan fingerprint density at radius 1 is 0.589 bits per heavy atom. The van der Waals surface area contributed by atoms with Gasteiger partial charge >= 0.3 is 12.4 Å². The SMILES string of the molecule is Cc1nc2c(c(-c3cn[nH]c3)nn2[C@@H](C)c2ccc(C(F)(F)F)cc2)c(=O)[nH]1.Cc1nc2c(c(-c3cn[nH]c3)nn2[C@H](C)c2ccc(C(F)(F)F)cc2)c(=O)[nH]1. The molecule has 14 nitrogen and oxygen atoms in total. The van der Waals surface area contributed by atoms with E-state index in [4.69, 9.17) is 0 Å². The first-order valence-corrected chi connectivity index (χ1v) is 16.8. The van der Waals surface area contributed by atoms with E-state index >= 15 is 0 Å². The van der Waals surface area contributed by atoms with Gasteiger partial charge in [0.15, 0.2) is 11.3 Å². The van der Waals surface area contributed by atoms with Crippen molar-refractivity contribution in [3.8, 4) is 22.5 Å². The summed E-state index contributed by atoms with van der Waals surface area (Å²) >= 11 is 0. The number of benzene rings is 2. The van der Waals surface area contributed by atoms with Crippen molar-refractivity contribution in [2.24, 2.45) is 0 Å². The minimum Gasteiger partial charge on any atom is -0.310 e. The molecule has 2 aromatic carbocycles. The third-order valence-corrected chi connectivity index (χ3v) is 9.08. The van der Waals surface area contributed by atoms with Crippen LogP contribution >= 0.6 is 0 Å². The molecular weight excluding hydrogens is 746 g/mol. The van der Waals surface area contributed by atoms with Crippen LogP contribution in [0.5, 0.6) is 0 Å². The average molecular weight is 777 g/mol. The highest BCUT2D eigenvalue weighted by atomic mass is 19.4. The Bertz CT molecular complexity index is 2570. The molecule has 0 saturated carbocycles. The first kappa shape index (κ1) is 37.5. The molecule has 0 aliphatic rings. The highest BCUT2D eigenvalue weighted by Crippen LogP contribution is 2.34. The van der Waals surface area contributed by atoms with Crippen molar-refractivity contribution in [3.05, 3.63) is 128 Å². The van der Waals surface area contributed by atoms with Crippen LogP contribution in [-0.4, -0.2) is 59.9 Å². The van der Waals surface area contributed by atoms with Gasteiger partial charge in [-0.05, 0) is 63.1 Å². The fraction of sp³-hybridized carbons (Fsp3) is 0.222. The van der Waals surface area contributed by atoms with Crippen molar-refractivity contribution >= 4 is 22.1 Å². The van der Waals surface area contributed by atoms with Crippen LogP contribution in [0.15, 0.2) is 82.9 Å². The highest BCUT2D eigenvalue weighted by Gasteiger charge is 2.32. The molecule has 6 aromatic heterocycles. The molecule has 288 valence electrons. The van der Waals surface area contributed by atoms with Crippen LogP contribution in [0.25, 0.3) is 44.6 Å². The van der Waals surface area contributed by atoms with E-state index in [9.17, 15) is 35.9 Å². The van der Waals surface area contributed by atoms with Crippen LogP contribution in [0.3, 0.4) is 0 Å². The molecule has 6 heterocycles. The first-order valence-electron chi connectivity index (χ1n) is 16.8. The van der Waals surface area contributed by atoms with Gasteiger partial charge in [0.25, 0.3) is 11.1 Å². The number of halogens is 6. The van der Waals surface area contributed by atoms with Crippen molar-refractivity contribution in [2.75, 3.05) is 0 Å². The largest absolute Gasteiger partial charge is 0.416 e. The van der Waals surface area contributed by atoms with Gasteiger partial charge in [0.05, 0.1) is 35.6 Å². The second-order valence-electron chi connectivity index (χ2n) is 12.9. The molecule has 0 aliphatic carbocycles. The molecule has 8 rings (SSSR count). The Hall–Kier alpha value is -6.86. The number of aromatic amines is 4. The maximum atomic E-state index is 12.8. The van der Waals surface area contributed by atoms with E-state index in [2.05, 4.69) is 50.5 Å². The van der Waals surface area contributed by atoms with Crippen LogP contribution in [0.4, 0.5) is 26.3 Å². The van der Waals surface area contributed by atoms with Gasteiger partial charge in [-0.25, -0.2) is 19.3 Å². The number of hydrogen-bond acceptors (Lipinski definition) is 8. The Kier molecular flexibility index (Phi) is 9.42. The normalized spacial score (nSPS) is 13.2. The molecule has 56 heavy (non-hydrogen) atoms. The average Bonchev–Trinajstić information content (AvgIpc) is 3.97. The van der Waals surface area contributed by atoms with E-state index in [0.717, 1.165) is 24.3 Å². The third-order valence-electron chi connectivity index (χ3n) is 9.08. The Morgan fingerprint density at radius 3 is 1.25 bits per heavy atom. The molecule has 0 fully saturated rings. The molecule has 8 aromatic rings. The zero-order valence-electron chi connectivity index (χ0n) is 29.7. The number of nitrogens with one attached hydrogen (secondary N) is 4. The van der Waals surface area contributed by atoms with Gasteiger partial charge in [0, 0.05) is 23.5 Å². The molecule has 0 unspecified atom stereocenters. The molecule has 0 bridgehead atoms. The number of hydrogen-bond donors (Lipinski definition) is 4. The van der Waals surface area contributed by atoms with Gasteiger partial charge < -0.3 is 9.97 Å². The van der Waals surface area contributed by atoms with E-state index in [-0.39, 0.29) is 11.1 Å². The standard InChI is InChI=1S/2C18H15F3N6O/c2*1-9(11-3-5-13(6-4-11)18(19,20)21)27-16-14(17(28)25-10(2)24-16)15(26-27)12-7-22-23-8-12/h2*3-9H,1-2H3,(H,22,23)(H,24,25,28)/t2*9-/m10/s1. The number of nitrogens with zero attached hydrogens (tertiary/aromatic N) is 8. The minimum absolute atomic E-state index is 0.297.